The van der Waals surface area contributed by atoms with Crippen molar-refractivity contribution < 1.29 is 9.47 Å². The third-order valence-corrected chi connectivity index (χ3v) is 3.38. The number of hydrogen-bond donors (Lipinski definition) is 0. The number of benzene rings is 2. The van der Waals surface area contributed by atoms with Crippen LogP contribution in [0.4, 0.5) is 0 Å². The van der Waals surface area contributed by atoms with Crippen LogP contribution in [0, 0.1) is 0 Å². The maximum atomic E-state index is 5.93. The van der Waals surface area contributed by atoms with Gasteiger partial charge in [0.2, 0.25) is 0 Å². The zero-order valence-corrected chi connectivity index (χ0v) is 11.1. The van der Waals surface area contributed by atoms with E-state index in [0.717, 1.165) is 18.8 Å². The van der Waals surface area contributed by atoms with Crippen LogP contribution < -0.4 is 4.74 Å². The lowest BCUT2D eigenvalue weighted by Gasteiger charge is -2.14. The van der Waals surface area contributed by atoms with Gasteiger partial charge in [-0.25, -0.2) is 0 Å². The molecule has 2 aromatic rings. The fourth-order valence-electron chi connectivity index (χ4n) is 2.27. The Morgan fingerprint density at radius 1 is 1.11 bits per heavy atom. The average molecular weight is 254 g/mol. The minimum Gasteiger partial charge on any atom is -0.490 e. The number of ether oxygens (including phenoxy) is 2. The highest BCUT2D eigenvalue weighted by Gasteiger charge is 2.23. The van der Waals surface area contributed by atoms with Crippen molar-refractivity contribution in [2.45, 2.75) is 19.4 Å². The van der Waals surface area contributed by atoms with Crippen molar-refractivity contribution in [3.05, 3.63) is 54.1 Å². The Hall–Kier alpha value is -1.80. The Labute approximate surface area is 114 Å². The van der Waals surface area contributed by atoms with E-state index in [1.807, 2.05) is 12.1 Å². The molecule has 0 radical (unpaired) electrons. The second-order valence-electron chi connectivity index (χ2n) is 4.78. The third-order valence-electron chi connectivity index (χ3n) is 3.38. The number of epoxide rings is 1. The van der Waals surface area contributed by atoms with Gasteiger partial charge in [-0.15, -0.1) is 0 Å². The topological polar surface area (TPSA) is 21.8 Å². The Bertz CT molecular complexity index is 544. The van der Waals surface area contributed by atoms with E-state index in [1.54, 1.807) is 0 Å². The molecule has 1 aliphatic heterocycles. The molecule has 0 N–H and O–H groups in total. The number of aryl methyl sites for hydroxylation is 1. The Balaban J connectivity index is 1.97. The summed E-state index contributed by atoms with van der Waals surface area (Å²) in [6.45, 7) is 3.65. The highest BCUT2D eigenvalue weighted by atomic mass is 16.6. The Morgan fingerprint density at radius 2 is 1.89 bits per heavy atom. The maximum Gasteiger partial charge on any atom is 0.127 e. The van der Waals surface area contributed by atoms with E-state index in [4.69, 9.17) is 9.47 Å². The molecule has 0 spiro atoms. The fraction of sp³-hybridized carbons (Fsp3) is 0.294. The molecule has 1 saturated heterocycles. The molecule has 2 nitrogen and oxygen atoms in total. The molecule has 3 rings (SSSR count). The molecule has 0 saturated carbocycles. The van der Waals surface area contributed by atoms with Crippen molar-refractivity contribution >= 4 is 0 Å². The van der Waals surface area contributed by atoms with Gasteiger partial charge in [-0.05, 0) is 23.6 Å². The summed E-state index contributed by atoms with van der Waals surface area (Å²) in [5.41, 5.74) is 3.75. The van der Waals surface area contributed by atoms with Gasteiger partial charge in [0.05, 0.1) is 6.61 Å². The van der Waals surface area contributed by atoms with Crippen LogP contribution in [0.3, 0.4) is 0 Å². The van der Waals surface area contributed by atoms with Crippen LogP contribution >= 0.6 is 0 Å². The average Bonchev–Trinajstić information content (AvgIpc) is 3.29. The molecule has 1 aliphatic rings. The molecule has 1 atom stereocenters. The van der Waals surface area contributed by atoms with Gasteiger partial charge >= 0.3 is 0 Å². The largest absolute Gasteiger partial charge is 0.490 e. The molecule has 19 heavy (non-hydrogen) atoms. The Morgan fingerprint density at radius 3 is 2.58 bits per heavy atom. The normalized spacial score (nSPS) is 17.2. The summed E-state index contributed by atoms with van der Waals surface area (Å²) >= 11 is 0. The van der Waals surface area contributed by atoms with E-state index in [-0.39, 0.29) is 6.10 Å². The second-order valence-corrected chi connectivity index (χ2v) is 4.78. The van der Waals surface area contributed by atoms with Gasteiger partial charge in [-0.1, -0.05) is 49.4 Å². The van der Waals surface area contributed by atoms with Crippen LogP contribution in [-0.4, -0.2) is 19.3 Å². The molecule has 0 aromatic heterocycles. The fourth-order valence-corrected chi connectivity index (χ4v) is 2.27. The van der Waals surface area contributed by atoms with Crippen LogP contribution in [-0.2, 0) is 11.2 Å². The van der Waals surface area contributed by atoms with Crippen LogP contribution in [0.15, 0.2) is 48.5 Å². The van der Waals surface area contributed by atoms with Gasteiger partial charge in [0.25, 0.3) is 0 Å². The zero-order valence-electron chi connectivity index (χ0n) is 11.1. The van der Waals surface area contributed by atoms with E-state index < -0.39 is 0 Å². The maximum absolute atomic E-state index is 5.93. The van der Waals surface area contributed by atoms with Crippen LogP contribution in [0.25, 0.3) is 11.1 Å². The number of rotatable bonds is 5. The molecule has 2 heteroatoms. The summed E-state index contributed by atoms with van der Waals surface area (Å²) in [6, 6.07) is 16.7. The highest BCUT2D eigenvalue weighted by Crippen LogP contribution is 2.34. The van der Waals surface area contributed by atoms with Gasteiger partial charge in [0.15, 0.2) is 0 Å². The van der Waals surface area contributed by atoms with Crippen LogP contribution in [0.2, 0.25) is 0 Å². The lowest BCUT2D eigenvalue weighted by molar-refractivity contribution is 0.263. The van der Waals surface area contributed by atoms with Crippen molar-refractivity contribution in [1.82, 2.24) is 0 Å². The molecule has 98 valence electrons. The molecular weight excluding hydrogens is 236 g/mol. The summed E-state index contributed by atoms with van der Waals surface area (Å²) in [6.07, 6.45) is 1.29. The smallest absolute Gasteiger partial charge is 0.127 e. The van der Waals surface area contributed by atoms with Crippen LogP contribution in [0.5, 0.6) is 5.75 Å². The number of hydrogen-bond acceptors (Lipinski definition) is 2. The van der Waals surface area contributed by atoms with Gasteiger partial charge in [0, 0.05) is 5.56 Å². The van der Waals surface area contributed by atoms with Crippen molar-refractivity contribution in [2.24, 2.45) is 0 Å². The minimum atomic E-state index is 0.286. The van der Waals surface area contributed by atoms with Crippen molar-refractivity contribution in [3.8, 4) is 16.9 Å². The first kappa shape index (κ1) is 12.2. The zero-order chi connectivity index (χ0) is 13.1. The first-order valence-corrected chi connectivity index (χ1v) is 6.80. The first-order chi connectivity index (χ1) is 9.38. The summed E-state index contributed by atoms with van der Waals surface area (Å²) < 4.78 is 11.1. The van der Waals surface area contributed by atoms with Crippen LogP contribution in [0.1, 0.15) is 12.5 Å². The summed E-state index contributed by atoms with van der Waals surface area (Å²) in [4.78, 5) is 0. The van der Waals surface area contributed by atoms with Crippen molar-refractivity contribution in [1.29, 1.82) is 0 Å². The molecular formula is C17H18O2. The van der Waals surface area contributed by atoms with Gasteiger partial charge in [0.1, 0.15) is 18.5 Å². The third kappa shape index (κ3) is 2.79. The lowest BCUT2D eigenvalue weighted by atomic mass is 9.97. The first-order valence-electron chi connectivity index (χ1n) is 6.80. The minimum absolute atomic E-state index is 0.286. The van der Waals surface area contributed by atoms with E-state index >= 15 is 0 Å². The summed E-state index contributed by atoms with van der Waals surface area (Å²) in [5.74, 6) is 0.959. The molecule has 2 aromatic carbocycles. The van der Waals surface area contributed by atoms with Crippen molar-refractivity contribution in [3.63, 3.8) is 0 Å². The van der Waals surface area contributed by atoms with Crippen molar-refractivity contribution in [2.75, 3.05) is 13.2 Å². The summed E-state index contributed by atoms with van der Waals surface area (Å²) in [7, 11) is 0. The van der Waals surface area contributed by atoms with Gasteiger partial charge in [-0.3, -0.25) is 0 Å². The summed E-state index contributed by atoms with van der Waals surface area (Å²) in [5, 5.41) is 0. The molecule has 0 amide bonds. The molecule has 1 unspecified atom stereocenters. The predicted molar refractivity (Wildman–Crippen MR) is 76.5 cm³/mol. The van der Waals surface area contributed by atoms with E-state index in [1.165, 1.54) is 16.7 Å². The van der Waals surface area contributed by atoms with E-state index in [0.29, 0.717) is 6.61 Å². The predicted octanol–water partition coefficient (Wildman–Crippen LogP) is 3.69. The SMILES string of the molecule is CCc1cccc(OCC2CO2)c1-c1ccccc1. The Kier molecular flexibility index (Phi) is 3.51. The standard InChI is InChI=1S/C17H18O2/c1-2-13-9-6-10-16(19-12-15-11-18-15)17(13)14-7-4-3-5-8-14/h3-10,15H,2,11-12H2,1H3. The van der Waals surface area contributed by atoms with Gasteiger partial charge < -0.3 is 9.47 Å². The van der Waals surface area contributed by atoms with E-state index in [9.17, 15) is 0 Å². The van der Waals surface area contributed by atoms with Gasteiger partial charge in [-0.2, -0.15) is 0 Å². The molecule has 1 fully saturated rings. The highest BCUT2D eigenvalue weighted by molar-refractivity contribution is 5.74. The molecule has 0 aliphatic carbocycles. The lowest BCUT2D eigenvalue weighted by Crippen LogP contribution is -2.05. The molecule has 1 heterocycles. The monoisotopic (exact) mass is 254 g/mol. The van der Waals surface area contributed by atoms with E-state index in [2.05, 4.69) is 43.3 Å². The quantitative estimate of drug-likeness (QED) is 0.759. The second kappa shape index (κ2) is 5.45. The molecule has 0 bridgehead atoms.